The van der Waals surface area contributed by atoms with Crippen molar-refractivity contribution in [2.24, 2.45) is 5.11 Å². The molecule has 0 bridgehead atoms. The number of nitrogens with zero attached hydrogens (tertiary/aromatic N) is 6. The minimum Gasteiger partial charge on any atom is -0.391 e. The fraction of sp³-hybridized carbons (Fsp3) is 0.889. The lowest BCUT2D eigenvalue weighted by Crippen LogP contribution is -2.56. The minimum atomic E-state index is -0.840. The molecule has 0 radical (unpaired) electrons. The van der Waals surface area contributed by atoms with Crippen LogP contribution in [0.25, 0.3) is 10.4 Å². The van der Waals surface area contributed by atoms with Gasteiger partial charge in [0.25, 0.3) is 0 Å². The van der Waals surface area contributed by atoms with Crippen molar-refractivity contribution >= 4 is 0 Å². The minimum absolute atomic E-state index is 0.0348. The lowest BCUT2D eigenvalue weighted by molar-refractivity contribution is -0.243. The molecule has 0 aromatic carbocycles. The zero-order chi connectivity index (χ0) is 22.2. The first-order valence-corrected chi connectivity index (χ1v) is 10.2. The molecule has 1 aromatic heterocycles. The van der Waals surface area contributed by atoms with Crippen molar-refractivity contribution in [1.82, 2.24) is 15.0 Å². The van der Waals surface area contributed by atoms with E-state index in [2.05, 4.69) is 20.3 Å². The van der Waals surface area contributed by atoms with E-state index in [1.807, 2.05) is 27.7 Å². The van der Waals surface area contributed by atoms with Crippen LogP contribution in [0, 0.1) is 0 Å². The summed E-state index contributed by atoms with van der Waals surface area (Å²) in [6.45, 7) is 7.95. The number of aromatic nitrogens is 3. The molecule has 3 aliphatic rings. The number of azide groups is 1. The molecule has 172 valence electrons. The van der Waals surface area contributed by atoms with Crippen molar-refractivity contribution in [3.63, 3.8) is 0 Å². The molecular weight excluding hydrogens is 412 g/mol. The molecule has 0 amide bonds. The Morgan fingerprint density at radius 1 is 1.19 bits per heavy atom. The second-order valence-corrected chi connectivity index (χ2v) is 8.72. The maximum absolute atomic E-state index is 9.78. The smallest absolute Gasteiger partial charge is 0.190 e. The fourth-order valence-electron chi connectivity index (χ4n) is 4.01. The van der Waals surface area contributed by atoms with Gasteiger partial charge in [0.2, 0.25) is 0 Å². The zero-order valence-corrected chi connectivity index (χ0v) is 17.9. The Hall–Kier alpha value is -1.83. The van der Waals surface area contributed by atoms with Crippen LogP contribution in [-0.4, -0.2) is 81.6 Å². The summed E-state index contributed by atoms with van der Waals surface area (Å²) < 4.78 is 37.4. The lowest BCUT2D eigenvalue weighted by Gasteiger charge is -2.37. The van der Waals surface area contributed by atoms with Crippen LogP contribution in [0.5, 0.6) is 0 Å². The lowest BCUT2D eigenvalue weighted by atomic mass is 9.99. The zero-order valence-electron chi connectivity index (χ0n) is 17.9. The van der Waals surface area contributed by atoms with Crippen molar-refractivity contribution < 1.29 is 33.5 Å². The molecule has 6 atom stereocenters. The van der Waals surface area contributed by atoms with E-state index in [1.54, 1.807) is 6.20 Å². The first-order valence-electron chi connectivity index (χ1n) is 10.2. The van der Waals surface area contributed by atoms with Crippen LogP contribution in [0.15, 0.2) is 11.3 Å². The Labute approximate surface area is 179 Å². The van der Waals surface area contributed by atoms with Gasteiger partial charge in [0.15, 0.2) is 17.9 Å². The first-order chi connectivity index (χ1) is 14.7. The molecule has 0 aliphatic carbocycles. The summed E-state index contributed by atoms with van der Waals surface area (Å²) in [5.41, 5.74) is 8.89. The molecule has 1 N–H and O–H groups in total. The number of aliphatic hydroxyl groups excluding tert-OH is 1. The van der Waals surface area contributed by atoms with Gasteiger partial charge in [0.1, 0.15) is 30.1 Å². The van der Waals surface area contributed by atoms with Gasteiger partial charge in [-0.3, -0.25) is 0 Å². The van der Waals surface area contributed by atoms with Crippen molar-refractivity contribution in [2.75, 3.05) is 13.2 Å². The molecular formula is C18H28N6O7. The van der Waals surface area contributed by atoms with E-state index in [4.69, 9.17) is 34.0 Å². The first kappa shape index (κ1) is 22.4. The third-order valence-electron chi connectivity index (χ3n) is 5.12. The quantitative estimate of drug-likeness (QED) is 0.352. The third kappa shape index (κ3) is 5.16. The van der Waals surface area contributed by atoms with Gasteiger partial charge >= 0.3 is 0 Å². The number of hydrogen-bond acceptors (Lipinski definition) is 10. The number of rotatable bonds is 8. The van der Waals surface area contributed by atoms with Crippen LogP contribution >= 0.6 is 0 Å². The van der Waals surface area contributed by atoms with Gasteiger partial charge in [-0.15, -0.1) is 5.10 Å². The monoisotopic (exact) mass is 440 g/mol. The van der Waals surface area contributed by atoms with Crippen molar-refractivity contribution in [1.29, 1.82) is 0 Å². The van der Waals surface area contributed by atoms with Crippen LogP contribution in [0.2, 0.25) is 0 Å². The summed E-state index contributed by atoms with van der Waals surface area (Å²) in [6, 6.07) is 0. The summed E-state index contributed by atoms with van der Waals surface area (Å²) in [4.78, 5) is 2.62. The Bertz CT molecular complexity index is 826. The molecule has 3 fully saturated rings. The number of aliphatic hydroxyl groups is 1. The molecule has 1 aromatic rings. The van der Waals surface area contributed by atoms with Crippen molar-refractivity contribution in [3.8, 4) is 0 Å². The van der Waals surface area contributed by atoms with E-state index in [0.29, 0.717) is 5.69 Å². The van der Waals surface area contributed by atoms with E-state index in [9.17, 15) is 5.11 Å². The highest BCUT2D eigenvalue weighted by Gasteiger charge is 2.60. The van der Waals surface area contributed by atoms with Crippen LogP contribution in [0.1, 0.15) is 33.4 Å². The summed E-state index contributed by atoms with van der Waals surface area (Å²) in [5.74, 6) is -1.53. The van der Waals surface area contributed by atoms with Gasteiger partial charge in [-0.25, -0.2) is 4.68 Å². The highest BCUT2D eigenvalue weighted by molar-refractivity contribution is 5.00. The van der Waals surface area contributed by atoms with Crippen LogP contribution < -0.4 is 0 Å². The topological polar surface area (TPSA) is 155 Å². The molecule has 0 saturated carbocycles. The summed E-state index contributed by atoms with van der Waals surface area (Å²) in [7, 11) is 0. The van der Waals surface area contributed by atoms with Gasteiger partial charge in [-0.05, 0) is 33.2 Å². The SMILES string of the molecule is CC1(C)O[C@@H]2O[C@@H](COCc3cn(CC(O)CN=[N+]=[N-])nn3)[C@H]3OC(C)(C)O[C@H]3[C@@H]2O1. The van der Waals surface area contributed by atoms with Crippen LogP contribution in [0.4, 0.5) is 0 Å². The number of fused-ring (bicyclic) bond motifs is 3. The average molecular weight is 440 g/mol. The van der Waals surface area contributed by atoms with Gasteiger partial charge < -0.3 is 33.5 Å². The van der Waals surface area contributed by atoms with Crippen molar-refractivity contribution in [2.45, 2.75) is 89.2 Å². The second kappa shape index (κ2) is 8.60. The predicted octanol–water partition coefficient (Wildman–Crippen LogP) is 0.862. The molecule has 4 heterocycles. The largest absolute Gasteiger partial charge is 0.391 e. The van der Waals surface area contributed by atoms with E-state index in [-0.39, 0.29) is 44.6 Å². The summed E-state index contributed by atoms with van der Waals surface area (Å²) in [6.07, 6.45) is -1.23. The molecule has 3 saturated heterocycles. The maximum Gasteiger partial charge on any atom is 0.190 e. The molecule has 31 heavy (non-hydrogen) atoms. The maximum atomic E-state index is 9.78. The highest BCUT2D eigenvalue weighted by atomic mass is 16.9. The molecule has 13 heteroatoms. The fourth-order valence-corrected chi connectivity index (χ4v) is 4.01. The Morgan fingerprint density at radius 2 is 1.90 bits per heavy atom. The van der Waals surface area contributed by atoms with Gasteiger partial charge in [0, 0.05) is 4.91 Å². The van der Waals surface area contributed by atoms with Crippen molar-refractivity contribution in [3.05, 3.63) is 22.3 Å². The summed E-state index contributed by atoms with van der Waals surface area (Å²) >= 11 is 0. The molecule has 0 spiro atoms. The van der Waals surface area contributed by atoms with E-state index in [1.165, 1.54) is 4.68 Å². The molecule has 1 unspecified atom stereocenters. The van der Waals surface area contributed by atoms with Crippen LogP contribution in [-0.2, 0) is 41.6 Å². The normalized spacial score (nSPS) is 34.0. The Morgan fingerprint density at radius 3 is 2.68 bits per heavy atom. The molecule has 13 nitrogen and oxygen atoms in total. The van der Waals surface area contributed by atoms with Gasteiger partial charge in [-0.1, -0.05) is 10.3 Å². The van der Waals surface area contributed by atoms with E-state index >= 15 is 0 Å². The molecule has 4 rings (SSSR count). The number of hydrogen-bond donors (Lipinski definition) is 1. The number of ether oxygens (including phenoxy) is 6. The van der Waals surface area contributed by atoms with E-state index < -0.39 is 30.1 Å². The average Bonchev–Trinajstić information content (AvgIpc) is 3.34. The molecule has 3 aliphatic heterocycles. The summed E-state index contributed by atoms with van der Waals surface area (Å²) in [5, 5.41) is 21.1. The van der Waals surface area contributed by atoms with Crippen LogP contribution in [0.3, 0.4) is 0 Å². The van der Waals surface area contributed by atoms with Gasteiger partial charge in [-0.2, -0.15) is 0 Å². The van der Waals surface area contributed by atoms with Gasteiger partial charge in [0.05, 0.1) is 38.6 Å². The Kier molecular flexibility index (Phi) is 6.21. The Balaban J connectivity index is 1.33. The highest BCUT2D eigenvalue weighted by Crippen LogP contribution is 2.44. The van der Waals surface area contributed by atoms with E-state index in [0.717, 1.165) is 0 Å². The second-order valence-electron chi connectivity index (χ2n) is 8.72. The standard InChI is InChI=1S/C18H28N6O7/c1-17(2)28-13-12(27-16-15(14(13)29-17)30-18(3,4)31-16)9-26-8-10-6-24(23-21-10)7-11(25)5-20-22-19/h6,11-16,25H,5,7-9H2,1-4H3/t11?,12-,13+,14+,15-,16-/m0/s1. The third-order valence-corrected chi connectivity index (χ3v) is 5.12. The predicted molar refractivity (Wildman–Crippen MR) is 102 cm³/mol.